The van der Waals surface area contributed by atoms with Crippen LogP contribution in [0.25, 0.3) is 0 Å². The molecule has 1 N–H and O–H groups in total. The first-order valence-electron chi connectivity index (χ1n) is 8.35. The molecule has 0 bridgehead atoms. The summed E-state index contributed by atoms with van der Waals surface area (Å²) >= 11 is 0. The van der Waals surface area contributed by atoms with E-state index in [0.29, 0.717) is 6.61 Å². The molecule has 0 aliphatic heterocycles. The highest BCUT2D eigenvalue weighted by molar-refractivity contribution is 5.92. The number of carbonyl (C=O) groups is 2. The predicted octanol–water partition coefficient (Wildman–Crippen LogP) is 2.67. The van der Waals surface area contributed by atoms with Crippen LogP contribution in [0.4, 0.5) is 4.79 Å². The summed E-state index contributed by atoms with van der Waals surface area (Å²) in [5, 5.41) is 2.20. The second kappa shape index (κ2) is 10.6. The van der Waals surface area contributed by atoms with Gasteiger partial charge in [0.1, 0.15) is 5.75 Å². The van der Waals surface area contributed by atoms with Gasteiger partial charge in [0.15, 0.2) is 0 Å². The maximum absolute atomic E-state index is 11.7. The number of ether oxygens (including phenoxy) is 2. The standard InChI is InChI=1S/C18H28N2O4/c1-5-20(13-17(21)19-18(22)23-6-2)10-7-11-24-16-12-14(3)8-9-15(16)4/h8-9,12H,5-7,10-11,13H2,1-4H3,(H,19,21,22). The van der Waals surface area contributed by atoms with Gasteiger partial charge in [0, 0.05) is 6.54 Å². The molecule has 2 amide bonds. The number of hydrogen-bond acceptors (Lipinski definition) is 5. The highest BCUT2D eigenvalue weighted by Crippen LogP contribution is 2.19. The molecular weight excluding hydrogens is 308 g/mol. The number of carbonyl (C=O) groups excluding carboxylic acids is 2. The number of nitrogens with zero attached hydrogens (tertiary/aromatic N) is 1. The van der Waals surface area contributed by atoms with E-state index in [2.05, 4.69) is 16.1 Å². The normalized spacial score (nSPS) is 10.5. The van der Waals surface area contributed by atoms with Crippen molar-refractivity contribution >= 4 is 12.0 Å². The first-order valence-corrected chi connectivity index (χ1v) is 8.35. The Kier molecular flexibility index (Phi) is 8.86. The highest BCUT2D eigenvalue weighted by atomic mass is 16.5. The van der Waals surface area contributed by atoms with E-state index in [-0.39, 0.29) is 19.1 Å². The Morgan fingerprint density at radius 2 is 1.96 bits per heavy atom. The zero-order valence-corrected chi connectivity index (χ0v) is 15.1. The molecule has 0 aliphatic carbocycles. The fraction of sp³-hybridized carbons (Fsp3) is 0.556. The lowest BCUT2D eigenvalue weighted by atomic mass is 10.1. The predicted molar refractivity (Wildman–Crippen MR) is 93.3 cm³/mol. The summed E-state index contributed by atoms with van der Waals surface area (Å²) in [6, 6.07) is 6.13. The monoisotopic (exact) mass is 336 g/mol. The summed E-state index contributed by atoms with van der Waals surface area (Å²) < 4.78 is 10.5. The van der Waals surface area contributed by atoms with Crippen LogP contribution in [0.15, 0.2) is 18.2 Å². The summed E-state index contributed by atoms with van der Waals surface area (Å²) in [4.78, 5) is 24.9. The number of likely N-dealkylation sites (N-methyl/N-ethyl adjacent to an activating group) is 1. The van der Waals surface area contributed by atoms with Crippen LogP contribution >= 0.6 is 0 Å². The second-order valence-electron chi connectivity index (χ2n) is 5.61. The maximum atomic E-state index is 11.7. The van der Waals surface area contributed by atoms with Gasteiger partial charge in [-0.15, -0.1) is 0 Å². The van der Waals surface area contributed by atoms with Gasteiger partial charge in [0.25, 0.3) is 0 Å². The average molecular weight is 336 g/mol. The molecule has 0 fully saturated rings. The van der Waals surface area contributed by atoms with Gasteiger partial charge in [0.2, 0.25) is 5.91 Å². The van der Waals surface area contributed by atoms with E-state index in [4.69, 9.17) is 4.74 Å². The number of nitrogens with one attached hydrogen (secondary N) is 1. The third kappa shape index (κ3) is 7.46. The van der Waals surface area contributed by atoms with Crippen LogP contribution in [0.1, 0.15) is 31.4 Å². The summed E-state index contributed by atoms with van der Waals surface area (Å²) in [6.07, 6.45) is 0.102. The number of rotatable bonds is 9. The van der Waals surface area contributed by atoms with Crippen molar-refractivity contribution in [1.29, 1.82) is 0 Å². The number of hydrogen-bond donors (Lipinski definition) is 1. The largest absolute Gasteiger partial charge is 0.493 e. The Labute approximate surface area is 144 Å². The lowest BCUT2D eigenvalue weighted by Gasteiger charge is -2.19. The van der Waals surface area contributed by atoms with E-state index < -0.39 is 6.09 Å². The minimum atomic E-state index is -0.697. The zero-order valence-electron chi connectivity index (χ0n) is 15.1. The number of imide groups is 1. The van der Waals surface area contributed by atoms with Crippen molar-refractivity contribution < 1.29 is 19.1 Å². The van der Waals surface area contributed by atoms with E-state index >= 15 is 0 Å². The van der Waals surface area contributed by atoms with Crippen LogP contribution in [0.2, 0.25) is 0 Å². The molecule has 0 aliphatic rings. The molecule has 0 unspecified atom stereocenters. The maximum Gasteiger partial charge on any atom is 0.413 e. The molecule has 1 rings (SSSR count). The Bertz CT molecular complexity index is 546. The molecule has 6 nitrogen and oxygen atoms in total. The van der Waals surface area contributed by atoms with Crippen molar-refractivity contribution in [2.45, 2.75) is 34.1 Å². The second-order valence-corrected chi connectivity index (χ2v) is 5.61. The molecule has 0 saturated heterocycles. The smallest absolute Gasteiger partial charge is 0.413 e. The molecule has 134 valence electrons. The van der Waals surface area contributed by atoms with Gasteiger partial charge in [-0.25, -0.2) is 4.79 Å². The Balaban J connectivity index is 2.32. The molecule has 0 spiro atoms. The van der Waals surface area contributed by atoms with Crippen LogP contribution < -0.4 is 10.1 Å². The van der Waals surface area contributed by atoms with Crippen LogP contribution in [0.3, 0.4) is 0 Å². The minimum Gasteiger partial charge on any atom is -0.493 e. The third-order valence-electron chi connectivity index (χ3n) is 3.55. The average Bonchev–Trinajstić information content (AvgIpc) is 2.53. The molecule has 0 saturated carbocycles. The fourth-order valence-corrected chi connectivity index (χ4v) is 2.21. The molecule has 0 atom stereocenters. The fourth-order valence-electron chi connectivity index (χ4n) is 2.21. The van der Waals surface area contributed by atoms with Crippen molar-refractivity contribution in [3.8, 4) is 5.75 Å². The molecule has 24 heavy (non-hydrogen) atoms. The van der Waals surface area contributed by atoms with Gasteiger partial charge >= 0.3 is 6.09 Å². The molecule has 1 aromatic carbocycles. The summed E-state index contributed by atoms with van der Waals surface area (Å²) in [5.41, 5.74) is 2.28. The lowest BCUT2D eigenvalue weighted by molar-refractivity contribution is -0.121. The number of amides is 2. The quantitative estimate of drug-likeness (QED) is 0.702. The number of alkyl carbamates (subject to hydrolysis) is 1. The minimum absolute atomic E-state index is 0.165. The summed E-state index contributed by atoms with van der Waals surface area (Å²) in [6.45, 7) is 10.2. The van der Waals surface area contributed by atoms with Gasteiger partial charge in [-0.3, -0.25) is 15.0 Å². The molecule has 6 heteroatoms. The van der Waals surface area contributed by atoms with Gasteiger partial charge in [-0.2, -0.15) is 0 Å². The topological polar surface area (TPSA) is 67.9 Å². The van der Waals surface area contributed by atoms with E-state index in [0.717, 1.165) is 30.8 Å². The van der Waals surface area contributed by atoms with Crippen LogP contribution in [-0.4, -0.2) is 49.7 Å². The summed E-state index contributed by atoms with van der Waals surface area (Å²) in [5.74, 6) is 0.545. The molecular formula is C18H28N2O4. The Hall–Kier alpha value is -2.08. The number of benzene rings is 1. The van der Waals surface area contributed by atoms with Gasteiger partial charge in [0.05, 0.1) is 19.8 Å². The number of aryl methyl sites for hydroxylation is 2. The highest BCUT2D eigenvalue weighted by Gasteiger charge is 2.12. The molecule has 1 aromatic rings. The van der Waals surface area contributed by atoms with Crippen molar-refractivity contribution in [3.05, 3.63) is 29.3 Å². The lowest BCUT2D eigenvalue weighted by Crippen LogP contribution is -2.40. The van der Waals surface area contributed by atoms with E-state index in [9.17, 15) is 9.59 Å². The van der Waals surface area contributed by atoms with Crippen molar-refractivity contribution in [1.82, 2.24) is 10.2 Å². The third-order valence-corrected chi connectivity index (χ3v) is 3.55. The van der Waals surface area contributed by atoms with Crippen LogP contribution in [0.5, 0.6) is 5.75 Å². The van der Waals surface area contributed by atoms with Gasteiger partial charge in [-0.1, -0.05) is 19.1 Å². The van der Waals surface area contributed by atoms with E-state index in [1.807, 2.05) is 37.8 Å². The van der Waals surface area contributed by atoms with E-state index in [1.54, 1.807) is 6.92 Å². The van der Waals surface area contributed by atoms with Crippen LogP contribution in [-0.2, 0) is 9.53 Å². The van der Waals surface area contributed by atoms with Crippen LogP contribution in [0, 0.1) is 13.8 Å². The molecule has 0 heterocycles. The van der Waals surface area contributed by atoms with Gasteiger partial charge < -0.3 is 9.47 Å². The first kappa shape index (κ1) is 20.0. The molecule has 0 aromatic heterocycles. The van der Waals surface area contributed by atoms with Crippen molar-refractivity contribution in [2.24, 2.45) is 0 Å². The first-order chi connectivity index (χ1) is 11.5. The SMILES string of the molecule is CCOC(=O)NC(=O)CN(CC)CCCOc1cc(C)ccc1C. The van der Waals surface area contributed by atoms with Crippen molar-refractivity contribution in [3.63, 3.8) is 0 Å². The molecule has 0 radical (unpaired) electrons. The van der Waals surface area contributed by atoms with Crippen molar-refractivity contribution in [2.75, 3.05) is 32.8 Å². The van der Waals surface area contributed by atoms with E-state index in [1.165, 1.54) is 5.56 Å². The summed E-state index contributed by atoms with van der Waals surface area (Å²) in [7, 11) is 0. The Morgan fingerprint density at radius 1 is 1.21 bits per heavy atom. The van der Waals surface area contributed by atoms with Gasteiger partial charge in [-0.05, 0) is 50.9 Å². The zero-order chi connectivity index (χ0) is 17.9. The Morgan fingerprint density at radius 3 is 2.62 bits per heavy atom.